The molecule has 0 spiro atoms. The van der Waals surface area contributed by atoms with Gasteiger partial charge in [0, 0.05) is 0 Å². The molecule has 0 aromatic rings. The van der Waals surface area contributed by atoms with Crippen LogP contribution in [0, 0.1) is 0 Å². The predicted octanol–water partition coefficient (Wildman–Crippen LogP) is 1.67. The van der Waals surface area contributed by atoms with Crippen LogP contribution in [0.2, 0.25) is 0 Å². The second kappa shape index (κ2) is 3.60. The number of ether oxygens (including phenoxy) is 2. The number of carbonyl (C=O) groups excluding carboxylic acids is 1. The fourth-order valence-corrected chi connectivity index (χ4v) is 1.49. The van der Waals surface area contributed by atoms with Gasteiger partial charge in [0.1, 0.15) is 12.2 Å². The van der Waals surface area contributed by atoms with Gasteiger partial charge < -0.3 is 9.47 Å². The quantitative estimate of drug-likeness (QED) is 0.612. The minimum absolute atomic E-state index is 0.000718. The minimum atomic E-state index is -0.666. The summed E-state index contributed by atoms with van der Waals surface area (Å²) < 4.78 is 10.8. The van der Waals surface area contributed by atoms with Crippen molar-refractivity contribution in [2.45, 2.75) is 45.2 Å². The average molecular weight is 184 g/mol. The maximum Gasteiger partial charge on any atom is 0.190 e. The Morgan fingerprint density at radius 2 is 2.15 bits per heavy atom. The first-order valence-corrected chi connectivity index (χ1v) is 4.46. The van der Waals surface area contributed by atoms with Crippen LogP contribution in [0.5, 0.6) is 0 Å². The molecule has 2 atom stereocenters. The van der Waals surface area contributed by atoms with Gasteiger partial charge in [0.05, 0.1) is 0 Å². The van der Waals surface area contributed by atoms with Gasteiger partial charge >= 0.3 is 0 Å². The Morgan fingerprint density at radius 1 is 1.54 bits per heavy atom. The molecule has 0 bridgehead atoms. The van der Waals surface area contributed by atoms with Gasteiger partial charge in [0.15, 0.2) is 11.6 Å². The molecular weight excluding hydrogens is 168 g/mol. The van der Waals surface area contributed by atoms with Crippen molar-refractivity contribution in [3.05, 3.63) is 12.7 Å². The van der Waals surface area contributed by atoms with Crippen LogP contribution in [-0.4, -0.2) is 23.8 Å². The van der Waals surface area contributed by atoms with Crippen LogP contribution in [0.1, 0.15) is 27.2 Å². The zero-order chi connectivity index (χ0) is 10.1. The molecule has 0 aromatic carbocycles. The summed E-state index contributed by atoms with van der Waals surface area (Å²) in [6.45, 7) is 8.96. The first-order chi connectivity index (χ1) is 5.96. The van der Waals surface area contributed by atoms with Crippen LogP contribution >= 0.6 is 0 Å². The minimum Gasteiger partial charge on any atom is -0.340 e. The van der Waals surface area contributed by atoms with E-state index >= 15 is 0 Å². The van der Waals surface area contributed by atoms with E-state index in [1.165, 1.54) is 0 Å². The van der Waals surface area contributed by atoms with E-state index in [9.17, 15) is 4.79 Å². The molecule has 3 heteroatoms. The van der Waals surface area contributed by atoms with Gasteiger partial charge in [-0.2, -0.15) is 0 Å². The van der Waals surface area contributed by atoms with Gasteiger partial charge in [-0.05, 0) is 27.2 Å². The molecule has 74 valence electrons. The number of rotatable bonds is 2. The molecule has 1 saturated heterocycles. The van der Waals surface area contributed by atoms with Gasteiger partial charge in [-0.1, -0.05) is 6.08 Å². The van der Waals surface area contributed by atoms with Gasteiger partial charge in [0.2, 0.25) is 0 Å². The fraction of sp³-hybridized carbons (Fsp3) is 0.700. The maximum atomic E-state index is 11.5. The van der Waals surface area contributed by atoms with Crippen molar-refractivity contribution in [3.8, 4) is 0 Å². The van der Waals surface area contributed by atoms with Gasteiger partial charge in [0.25, 0.3) is 0 Å². The highest BCUT2D eigenvalue weighted by Gasteiger charge is 2.39. The molecule has 0 aliphatic carbocycles. The monoisotopic (exact) mass is 184 g/mol. The maximum absolute atomic E-state index is 11.5. The fourth-order valence-electron chi connectivity index (χ4n) is 1.49. The molecule has 0 amide bonds. The van der Waals surface area contributed by atoms with Crippen molar-refractivity contribution in [1.29, 1.82) is 0 Å². The van der Waals surface area contributed by atoms with Crippen molar-refractivity contribution in [1.82, 2.24) is 0 Å². The Morgan fingerprint density at radius 3 is 2.69 bits per heavy atom. The van der Waals surface area contributed by atoms with E-state index in [4.69, 9.17) is 9.47 Å². The first kappa shape index (κ1) is 10.4. The molecular formula is C10H16O3. The summed E-state index contributed by atoms with van der Waals surface area (Å²) in [5.41, 5.74) is 0. The van der Waals surface area contributed by atoms with E-state index in [2.05, 4.69) is 6.58 Å². The van der Waals surface area contributed by atoms with Crippen molar-refractivity contribution in [2.75, 3.05) is 0 Å². The van der Waals surface area contributed by atoms with Crippen molar-refractivity contribution in [2.24, 2.45) is 0 Å². The zero-order valence-corrected chi connectivity index (χ0v) is 8.37. The zero-order valence-electron chi connectivity index (χ0n) is 8.37. The number of Topliss-reactive ketones (excluding diaryl/α,β-unsaturated/α-hetero) is 1. The molecule has 0 saturated carbocycles. The highest BCUT2D eigenvalue weighted by Crippen LogP contribution is 2.25. The lowest BCUT2D eigenvalue weighted by atomic mass is 10.1. The molecule has 0 unspecified atom stereocenters. The lowest BCUT2D eigenvalue weighted by molar-refractivity contribution is -0.275. The molecule has 1 aliphatic heterocycles. The SMILES string of the molecule is C=CC[C@H]1OC(C)(C)O[C@H](C)C1=O. The van der Waals surface area contributed by atoms with E-state index in [0.717, 1.165) is 0 Å². The summed E-state index contributed by atoms with van der Waals surface area (Å²) in [4.78, 5) is 11.5. The van der Waals surface area contributed by atoms with Gasteiger partial charge in [-0.15, -0.1) is 6.58 Å². The third-order valence-corrected chi connectivity index (χ3v) is 1.99. The number of hydrogen-bond acceptors (Lipinski definition) is 3. The van der Waals surface area contributed by atoms with Gasteiger partial charge in [-0.3, -0.25) is 4.79 Å². The molecule has 0 N–H and O–H groups in total. The smallest absolute Gasteiger partial charge is 0.190 e. The highest BCUT2D eigenvalue weighted by atomic mass is 16.7. The summed E-state index contributed by atoms with van der Waals surface area (Å²) >= 11 is 0. The molecule has 1 fully saturated rings. The third-order valence-electron chi connectivity index (χ3n) is 1.99. The van der Waals surface area contributed by atoms with Crippen LogP contribution in [0.15, 0.2) is 12.7 Å². The molecule has 1 aliphatic rings. The van der Waals surface area contributed by atoms with E-state index in [-0.39, 0.29) is 11.9 Å². The Bertz CT molecular complexity index is 220. The summed E-state index contributed by atoms with van der Waals surface area (Å²) in [5.74, 6) is -0.666. The Kier molecular flexibility index (Phi) is 2.88. The van der Waals surface area contributed by atoms with E-state index < -0.39 is 11.9 Å². The summed E-state index contributed by atoms with van der Waals surface area (Å²) in [5, 5.41) is 0. The lowest BCUT2D eigenvalue weighted by Gasteiger charge is -2.38. The van der Waals surface area contributed by atoms with Crippen molar-refractivity contribution in [3.63, 3.8) is 0 Å². The molecule has 1 heterocycles. The highest BCUT2D eigenvalue weighted by molar-refractivity contribution is 5.87. The summed E-state index contributed by atoms with van der Waals surface area (Å²) in [7, 11) is 0. The lowest BCUT2D eigenvalue weighted by Crippen LogP contribution is -2.50. The molecule has 13 heavy (non-hydrogen) atoms. The average Bonchev–Trinajstić information content (AvgIpc) is 1.99. The number of hydrogen-bond donors (Lipinski definition) is 0. The van der Waals surface area contributed by atoms with E-state index in [1.807, 2.05) is 13.8 Å². The molecule has 3 nitrogen and oxygen atoms in total. The second-order valence-electron chi connectivity index (χ2n) is 3.69. The summed E-state index contributed by atoms with van der Waals surface area (Å²) in [6.07, 6.45) is 1.47. The topological polar surface area (TPSA) is 35.5 Å². The first-order valence-electron chi connectivity index (χ1n) is 4.46. The Hall–Kier alpha value is -0.670. The van der Waals surface area contributed by atoms with Crippen LogP contribution in [-0.2, 0) is 14.3 Å². The van der Waals surface area contributed by atoms with Crippen LogP contribution in [0.3, 0.4) is 0 Å². The van der Waals surface area contributed by atoms with Crippen LogP contribution in [0.25, 0.3) is 0 Å². The largest absolute Gasteiger partial charge is 0.340 e. The Labute approximate surface area is 78.7 Å². The Balaban J connectivity index is 2.72. The van der Waals surface area contributed by atoms with Gasteiger partial charge in [-0.25, -0.2) is 0 Å². The predicted molar refractivity (Wildman–Crippen MR) is 49.3 cm³/mol. The normalized spacial score (nSPS) is 33.0. The summed E-state index contributed by atoms with van der Waals surface area (Å²) in [6, 6.07) is 0. The van der Waals surface area contributed by atoms with Crippen LogP contribution < -0.4 is 0 Å². The van der Waals surface area contributed by atoms with E-state index in [1.54, 1.807) is 13.0 Å². The number of ketones is 1. The second-order valence-corrected chi connectivity index (χ2v) is 3.69. The number of carbonyl (C=O) groups is 1. The van der Waals surface area contributed by atoms with Crippen LogP contribution in [0.4, 0.5) is 0 Å². The molecule has 0 aromatic heterocycles. The standard InChI is InChI=1S/C10H16O3/c1-5-6-8-9(11)7(2)12-10(3,4)13-8/h5,7-8H,1,6H2,2-4H3/t7-,8-/m1/s1. The van der Waals surface area contributed by atoms with E-state index in [0.29, 0.717) is 6.42 Å². The molecule has 1 rings (SSSR count). The van der Waals surface area contributed by atoms with Crippen molar-refractivity contribution >= 4 is 5.78 Å². The molecule has 0 radical (unpaired) electrons. The van der Waals surface area contributed by atoms with Crippen molar-refractivity contribution < 1.29 is 14.3 Å². The third kappa shape index (κ3) is 2.39.